The van der Waals surface area contributed by atoms with Gasteiger partial charge < -0.3 is 15.5 Å². The van der Waals surface area contributed by atoms with Crippen molar-refractivity contribution >= 4 is 35.0 Å². The SMILES string of the molecule is CCC(CC)C(=O)N1CCC(NC(=NC)NCCCSc2nccs2)CC1. The Labute approximate surface area is 171 Å². The molecule has 0 radical (unpaired) electrons. The van der Waals surface area contributed by atoms with E-state index in [1.165, 1.54) is 0 Å². The molecule has 8 heteroatoms. The van der Waals surface area contributed by atoms with Crippen LogP contribution in [0.25, 0.3) is 0 Å². The van der Waals surface area contributed by atoms with Gasteiger partial charge in [0.2, 0.25) is 5.91 Å². The number of piperidine rings is 1. The summed E-state index contributed by atoms with van der Waals surface area (Å²) >= 11 is 3.49. The Balaban J connectivity index is 1.63. The van der Waals surface area contributed by atoms with Gasteiger partial charge in [-0.3, -0.25) is 9.79 Å². The Hall–Kier alpha value is -1.28. The topological polar surface area (TPSA) is 69.6 Å². The van der Waals surface area contributed by atoms with E-state index in [2.05, 4.69) is 34.5 Å². The number of carbonyl (C=O) groups excluding carboxylic acids is 1. The zero-order chi connectivity index (χ0) is 19.5. The van der Waals surface area contributed by atoms with E-state index in [1.54, 1.807) is 23.1 Å². The number of guanidine groups is 1. The molecule has 1 aromatic heterocycles. The fraction of sp³-hybridized carbons (Fsp3) is 0.737. The van der Waals surface area contributed by atoms with Gasteiger partial charge in [-0.2, -0.15) is 0 Å². The molecule has 152 valence electrons. The summed E-state index contributed by atoms with van der Waals surface area (Å²) in [6.45, 7) is 6.78. The molecule has 1 aliphatic rings. The number of amides is 1. The number of hydrogen-bond acceptors (Lipinski definition) is 5. The summed E-state index contributed by atoms with van der Waals surface area (Å²) in [6, 6.07) is 0.381. The first kappa shape index (κ1) is 22.0. The van der Waals surface area contributed by atoms with E-state index in [-0.39, 0.29) is 5.92 Å². The van der Waals surface area contributed by atoms with Gasteiger partial charge in [0.05, 0.1) is 0 Å². The number of carbonyl (C=O) groups is 1. The van der Waals surface area contributed by atoms with E-state index in [1.807, 2.05) is 23.5 Å². The molecular formula is C19H33N5OS2. The third-order valence-corrected chi connectivity index (χ3v) is 7.01. The van der Waals surface area contributed by atoms with Crippen LogP contribution in [-0.4, -0.2) is 60.2 Å². The van der Waals surface area contributed by atoms with Crippen LogP contribution in [0, 0.1) is 5.92 Å². The quantitative estimate of drug-likeness (QED) is 0.283. The maximum absolute atomic E-state index is 12.5. The number of thiazole rings is 1. The summed E-state index contributed by atoms with van der Waals surface area (Å²) in [5, 5.41) is 8.92. The lowest BCUT2D eigenvalue weighted by Gasteiger charge is -2.34. The highest BCUT2D eigenvalue weighted by molar-refractivity contribution is 8.00. The smallest absolute Gasteiger partial charge is 0.225 e. The minimum Gasteiger partial charge on any atom is -0.356 e. The summed E-state index contributed by atoms with van der Waals surface area (Å²) in [5.74, 6) is 2.43. The molecule has 1 aromatic rings. The van der Waals surface area contributed by atoms with Crippen molar-refractivity contribution < 1.29 is 4.79 Å². The molecule has 0 saturated carbocycles. The van der Waals surface area contributed by atoms with Crippen molar-refractivity contribution in [3.63, 3.8) is 0 Å². The average Bonchev–Trinajstić information content (AvgIpc) is 3.21. The van der Waals surface area contributed by atoms with E-state index in [0.29, 0.717) is 11.9 Å². The Morgan fingerprint density at radius 1 is 1.41 bits per heavy atom. The Morgan fingerprint density at radius 3 is 2.74 bits per heavy atom. The van der Waals surface area contributed by atoms with Gasteiger partial charge in [-0.05, 0) is 32.1 Å². The lowest BCUT2D eigenvalue weighted by atomic mass is 9.98. The summed E-state index contributed by atoms with van der Waals surface area (Å²) in [4.78, 5) is 23.2. The second-order valence-corrected chi connectivity index (χ2v) is 8.99. The van der Waals surface area contributed by atoms with Crippen molar-refractivity contribution in [1.82, 2.24) is 20.5 Å². The van der Waals surface area contributed by atoms with Crippen LogP contribution >= 0.6 is 23.1 Å². The molecular weight excluding hydrogens is 378 g/mol. The molecule has 0 aliphatic carbocycles. The van der Waals surface area contributed by atoms with E-state index in [0.717, 1.165) is 67.8 Å². The van der Waals surface area contributed by atoms with Crippen molar-refractivity contribution in [2.75, 3.05) is 32.4 Å². The second-order valence-electron chi connectivity index (χ2n) is 6.76. The minimum atomic E-state index is 0.186. The Morgan fingerprint density at radius 2 is 2.15 bits per heavy atom. The van der Waals surface area contributed by atoms with Gasteiger partial charge >= 0.3 is 0 Å². The summed E-state index contributed by atoms with van der Waals surface area (Å²) in [5.41, 5.74) is 0. The van der Waals surface area contributed by atoms with Crippen LogP contribution in [-0.2, 0) is 4.79 Å². The molecule has 0 spiro atoms. The number of nitrogens with zero attached hydrogens (tertiary/aromatic N) is 3. The highest BCUT2D eigenvalue weighted by Gasteiger charge is 2.26. The van der Waals surface area contributed by atoms with Crippen LogP contribution in [0.4, 0.5) is 0 Å². The zero-order valence-corrected chi connectivity index (χ0v) is 18.4. The zero-order valence-electron chi connectivity index (χ0n) is 16.7. The molecule has 1 amide bonds. The highest BCUT2D eigenvalue weighted by Crippen LogP contribution is 2.20. The van der Waals surface area contributed by atoms with Crippen LogP contribution in [0.2, 0.25) is 0 Å². The standard InChI is InChI=1S/C19H33N5OS2/c1-4-15(5-2)17(25)24-11-7-16(8-12-24)23-18(20-3)21-9-6-13-26-19-22-10-14-27-19/h10,14-16H,4-9,11-13H2,1-3H3,(H2,20,21,23). The second kappa shape index (κ2) is 12.2. The first-order valence-electron chi connectivity index (χ1n) is 9.96. The Kier molecular flexibility index (Phi) is 9.97. The molecule has 0 atom stereocenters. The van der Waals surface area contributed by atoms with Gasteiger partial charge in [0, 0.05) is 56.0 Å². The molecule has 2 heterocycles. The Bertz CT molecular complexity index is 567. The van der Waals surface area contributed by atoms with Crippen molar-refractivity contribution in [1.29, 1.82) is 0 Å². The molecule has 6 nitrogen and oxygen atoms in total. The molecule has 1 aliphatic heterocycles. The average molecular weight is 412 g/mol. The van der Waals surface area contributed by atoms with E-state index < -0.39 is 0 Å². The number of hydrogen-bond donors (Lipinski definition) is 2. The van der Waals surface area contributed by atoms with Crippen molar-refractivity contribution in [2.45, 2.75) is 56.3 Å². The number of aliphatic imine (C=N–C) groups is 1. The lowest BCUT2D eigenvalue weighted by Crippen LogP contribution is -2.50. The third kappa shape index (κ3) is 7.33. The fourth-order valence-corrected chi connectivity index (χ4v) is 4.90. The normalized spacial score (nSPS) is 16.0. The molecule has 0 bridgehead atoms. The third-order valence-electron chi connectivity index (χ3n) is 4.95. The van der Waals surface area contributed by atoms with Gasteiger partial charge in [0.1, 0.15) is 4.34 Å². The number of likely N-dealkylation sites (tertiary alicyclic amines) is 1. The van der Waals surface area contributed by atoms with Gasteiger partial charge in [-0.25, -0.2) is 4.98 Å². The maximum atomic E-state index is 12.5. The van der Waals surface area contributed by atoms with Crippen LogP contribution in [0.15, 0.2) is 20.9 Å². The molecule has 27 heavy (non-hydrogen) atoms. The molecule has 2 rings (SSSR count). The molecule has 0 unspecified atom stereocenters. The predicted molar refractivity (Wildman–Crippen MR) is 116 cm³/mol. The molecule has 1 saturated heterocycles. The van der Waals surface area contributed by atoms with E-state index in [4.69, 9.17) is 0 Å². The number of thioether (sulfide) groups is 1. The van der Waals surface area contributed by atoms with Crippen molar-refractivity contribution in [3.8, 4) is 0 Å². The van der Waals surface area contributed by atoms with Gasteiger partial charge in [0.15, 0.2) is 5.96 Å². The number of aromatic nitrogens is 1. The van der Waals surface area contributed by atoms with Crippen LogP contribution in [0.1, 0.15) is 46.0 Å². The lowest BCUT2D eigenvalue weighted by molar-refractivity contribution is -0.136. The van der Waals surface area contributed by atoms with Gasteiger partial charge in [0.25, 0.3) is 0 Å². The summed E-state index contributed by atoms with van der Waals surface area (Å²) < 4.78 is 1.13. The largest absolute Gasteiger partial charge is 0.356 e. The van der Waals surface area contributed by atoms with Gasteiger partial charge in [-0.1, -0.05) is 25.6 Å². The van der Waals surface area contributed by atoms with Gasteiger partial charge in [-0.15, -0.1) is 11.3 Å². The van der Waals surface area contributed by atoms with Crippen LogP contribution in [0.5, 0.6) is 0 Å². The fourth-order valence-electron chi connectivity index (χ4n) is 3.25. The molecule has 1 fully saturated rings. The first-order chi connectivity index (χ1) is 13.2. The maximum Gasteiger partial charge on any atom is 0.225 e. The van der Waals surface area contributed by atoms with Crippen molar-refractivity contribution in [2.24, 2.45) is 10.9 Å². The molecule has 0 aromatic carbocycles. The van der Waals surface area contributed by atoms with Crippen molar-refractivity contribution in [3.05, 3.63) is 11.6 Å². The highest BCUT2D eigenvalue weighted by atomic mass is 32.2. The number of nitrogens with one attached hydrogen (secondary N) is 2. The van der Waals surface area contributed by atoms with E-state index in [9.17, 15) is 4.79 Å². The number of rotatable bonds is 9. The monoisotopic (exact) mass is 411 g/mol. The molecule has 2 N–H and O–H groups in total. The summed E-state index contributed by atoms with van der Waals surface area (Å²) in [6.07, 6.45) is 6.74. The van der Waals surface area contributed by atoms with Crippen LogP contribution < -0.4 is 10.6 Å². The van der Waals surface area contributed by atoms with Crippen LogP contribution in [0.3, 0.4) is 0 Å². The summed E-state index contributed by atoms with van der Waals surface area (Å²) in [7, 11) is 1.81. The predicted octanol–water partition coefficient (Wildman–Crippen LogP) is 3.22. The first-order valence-corrected chi connectivity index (χ1v) is 11.8. The van der Waals surface area contributed by atoms with E-state index >= 15 is 0 Å². The minimum absolute atomic E-state index is 0.186.